The Morgan fingerprint density at radius 1 is 0.957 bits per heavy atom. The second-order valence-electron chi connectivity index (χ2n) is 12.2. The van der Waals surface area contributed by atoms with Crippen molar-refractivity contribution in [1.29, 1.82) is 0 Å². The molecule has 0 radical (unpaired) electrons. The molecule has 4 heterocycles. The second kappa shape index (κ2) is 12.4. The molecule has 11 nitrogen and oxygen atoms in total. The molecule has 47 heavy (non-hydrogen) atoms. The van der Waals surface area contributed by atoms with E-state index in [4.69, 9.17) is 9.72 Å². The first-order valence-corrected chi connectivity index (χ1v) is 16.0. The molecule has 240 valence electrons. The van der Waals surface area contributed by atoms with Crippen molar-refractivity contribution in [3.05, 3.63) is 106 Å². The highest BCUT2D eigenvalue weighted by Crippen LogP contribution is 2.36. The number of carbonyl (C=O) groups excluding carboxylic acids is 3. The van der Waals surface area contributed by atoms with Crippen LogP contribution in [0.3, 0.4) is 0 Å². The maximum Gasteiger partial charge on any atom is 0.416 e. The molecule has 0 spiro atoms. The van der Waals surface area contributed by atoms with Crippen molar-refractivity contribution in [2.24, 2.45) is 0 Å². The molecule has 0 unspecified atom stereocenters. The Balaban J connectivity index is 1.34. The average molecular weight is 633 g/mol. The standard InChI is InChI=1S/C36H36N6O5/c1-22-31-38-29-17-9-7-15-26(29)35(45)42(31)30(33(43)37-22)20-27-25-14-6-8-16-28(25)39-32(27)41(23(2)34(44)40-18-10-11-19-40)36(46)47-21-24-12-4-3-5-13-24/h3-9,12-17,22-23,30,39H,10-11,18-21H2,1-2H3,(H,37,43)/t22-,23-,30+/m0/s1. The molecule has 11 heteroatoms. The number of aromatic amines is 1. The minimum atomic E-state index is -0.962. The number of benzene rings is 3. The Morgan fingerprint density at radius 3 is 2.40 bits per heavy atom. The van der Waals surface area contributed by atoms with Gasteiger partial charge in [-0.25, -0.2) is 9.78 Å². The highest BCUT2D eigenvalue weighted by molar-refractivity contribution is 6.01. The smallest absolute Gasteiger partial charge is 0.416 e. The monoisotopic (exact) mass is 632 g/mol. The van der Waals surface area contributed by atoms with E-state index < -0.39 is 24.2 Å². The highest BCUT2D eigenvalue weighted by atomic mass is 16.6. The lowest BCUT2D eigenvalue weighted by molar-refractivity contribution is -0.131. The maximum atomic E-state index is 14.1. The first-order valence-electron chi connectivity index (χ1n) is 16.0. The number of hydrogen-bond acceptors (Lipinski definition) is 6. The third-order valence-corrected chi connectivity index (χ3v) is 9.19. The van der Waals surface area contributed by atoms with E-state index in [0.29, 0.717) is 46.7 Å². The number of likely N-dealkylation sites (tertiary alicyclic amines) is 1. The number of nitrogens with one attached hydrogen (secondary N) is 2. The van der Waals surface area contributed by atoms with Crippen LogP contribution in [0, 0.1) is 0 Å². The molecule has 2 N–H and O–H groups in total. The number of aromatic nitrogens is 3. The summed E-state index contributed by atoms with van der Waals surface area (Å²) in [5.41, 5.74) is 2.38. The molecule has 0 aliphatic carbocycles. The lowest BCUT2D eigenvalue weighted by atomic mass is 9.99. The Bertz CT molecular complexity index is 2050. The van der Waals surface area contributed by atoms with Crippen LogP contribution in [-0.4, -0.2) is 56.5 Å². The first-order chi connectivity index (χ1) is 22.8. The number of nitrogens with zero attached hydrogens (tertiary/aromatic N) is 4. The van der Waals surface area contributed by atoms with Gasteiger partial charge in [-0.15, -0.1) is 0 Å². The summed E-state index contributed by atoms with van der Waals surface area (Å²) in [4.78, 5) is 66.9. The van der Waals surface area contributed by atoms with E-state index in [1.807, 2.05) is 60.7 Å². The Kier molecular flexibility index (Phi) is 7.97. The van der Waals surface area contributed by atoms with Crippen LogP contribution in [0.5, 0.6) is 0 Å². The van der Waals surface area contributed by atoms with Crippen molar-refractivity contribution in [3.63, 3.8) is 0 Å². The number of ether oxygens (including phenoxy) is 1. The number of hydrogen-bond donors (Lipinski definition) is 2. The van der Waals surface area contributed by atoms with E-state index in [1.165, 1.54) is 9.47 Å². The molecule has 3 aromatic carbocycles. The molecule has 7 rings (SSSR count). The quantitative estimate of drug-likeness (QED) is 0.260. The first kappa shape index (κ1) is 30.2. The van der Waals surface area contributed by atoms with Gasteiger partial charge >= 0.3 is 6.09 Å². The molecular weight excluding hydrogens is 596 g/mol. The van der Waals surface area contributed by atoms with Gasteiger partial charge in [0.15, 0.2) is 0 Å². The molecule has 3 atom stereocenters. The van der Waals surface area contributed by atoms with Gasteiger partial charge < -0.3 is 19.9 Å². The van der Waals surface area contributed by atoms with Gasteiger partial charge in [-0.05, 0) is 50.5 Å². The van der Waals surface area contributed by atoms with Crippen LogP contribution >= 0.6 is 0 Å². The van der Waals surface area contributed by atoms with Gasteiger partial charge in [0.05, 0.1) is 16.9 Å². The maximum absolute atomic E-state index is 14.1. The van der Waals surface area contributed by atoms with Gasteiger partial charge in [-0.1, -0.05) is 60.7 Å². The number of para-hydroxylation sites is 2. The predicted octanol–water partition coefficient (Wildman–Crippen LogP) is 5.01. The zero-order chi connectivity index (χ0) is 32.7. The summed E-state index contributed by atoms with van der Waals surface area (Å²) in [5, 5.41) is 4.17. The van der Waals surface area contributed by atoms with Crippen LogP contribution in [0.25, 0.3) is 21.8 Å². The van der Waals surface area contributed by atoms with Gasteiger partial charge in [0.25, 0.3) is 5.56 Å². The molecule has 0 saturated carbocycles. The summed E-state index contributed by atoms with van der Waals surface area (Å²) in [6.45, 7) is 4.76. The summed E-state index contributed by atoms with van der Waals surface area (Å²) in [7, 11) is 0. The van der Waals surface area contributed by atoms with E-state index in [-0.39, 0.29) is 30.4 Å². The normalized spacial score (nSPS) is 18.2. The lowest BCUT2D eigenvalue weighted by Gasteiger charge is -2.33. The van der Waals surface area contributed by atoms with Crippen LogP contribution in [-0.2, 0) is 27.4 Å². The zero-order valence-corrected chi connectivity index (χ0v) is 26.3. The molecule has 1 fully saturated rings. The number of carbonyl (C=O) groups is 3. The highest BCUT2D eigenvalue weighted by Gasteiger charge is 2.39. The van der Waals surface area contributed by atoms with Gasteiger partial charge in [0.2, 0.25) is 11.8 Å². The van der Waals surface area contributed by atoms with Crippen molar-refractivity contribution >= 4 is 45.5 Å². The van der Waals surface area contributed by atoms with Gasteiger partial charge in [0, 0.05) is 36.0 Å². The topological polar surface area (TPSA) is 130 Å². The molecular formula is C36H36N6O5. The van der Waals surface area contributed by atoms with Crippen LogP contribution in [0.1, 0.15) is 55.7 Å². The molecule has 5 aromatic rings. The van der Waals surface area contributed by atoms with Crippen LogP contribution in [0.4, 0.5) is 10.6 Å². The van der Waals surface area contributed by atoms with Gasteiger partial charge in [0.1, 0.15) is 30.3 Å². The largest absolute Gasteiger partial charge is 0.444 e. The number of amides is 3. The summed E-state index contributed by atoms with van der Waals surface area (Å²) in [5.74, 6) is 0.278. The number of fused-ring (bicyclic) bond motifs is 3. The molecule has 1 saturated heterocycles. The lowest BCUT2D eigenvalue weighted by Crippen LogP contribution is -2.50. The molecule has 2 aliphatic heterocycles. The summed E-state index contributed by atoms with van der Waals surface area (Å²) in [6, 6.07) is 21.6. The Hall–Kier alpha value is -5.45. The van der Waals surface area contributed by atoms with Crippen molar-refractivity contribution in [1.82, 2.24) is 24.8 Å². The second-order valence-corrected chi connectivity index (χ2v) is 12.2. The third kappa shape index (κ3) is 5.51. The number of H-pyrrole nitrogens is 1. The van der Waals surface area contributed by atoms with E-state index >= 15 is 0 Å². The number of anilines is 1. The molecule has 2 aliphatic rings. The van der Waals surface area contributed by atoms with Crippen molar-refractivity contribution in [2.45, 2.75) is 57.8 Å². The zero-order valence-electron chi connectivity index (χ0n) is 26.3. The molecule has 3 amide bonds. The fourth-order valence-corrected chi connectivity index (χ4v) is 6.78. The van der Waals surface area contributed by atoms with E-state index in [0.717, 1.165) is 23.8 Å². The Labute approximate surface area is 271 Å². The minimum absolute atomic E-state index is 0.0147. The van der Waals surface area contributed by atoms with Crippen LogP contribution in [0.15, 0.2) is 83.7 Å². The number of rotatable bonds is 7. The summed E-state index contributed by atoms with van der Waals surface area (Å²) in [6.07, 6.45) is 1.16. The predicted molar refractivity (Wildman–Crippen MR) is 178 cm³/mol. The Morgan fingerprint density at radius 2 is 1.64 bits per heavy atom. The third-order valence-electron chi connectivity index (χ3n) is 9.19. The molecule has 2 aromatic heterocycles. The van der Waals surface area contributed by atoms with E-state index in [9.17, 15) is 19.2 Å². The SMILES string of the molecule is C[C@@H]1NC(=O)[C@@H](Cc2c(N(C(=O)OCc3ccccc3)[C@@H](C)C(=O)N3CCCC3)[nH]c3ccccc23)n2c1nc1ccccc1c2=O. The van der Waals surface area contributed by atoms with Gasteiger partial charge in [-0.2, -0.15) is 0 Å². The van der Waals surface area contributed by atoms with E-state index in [1.54, 1.807) is 36.9 Å². The van der Waals surface area contributed by atoms with Crippen molar-refractivity contribution in [3.8, 4) is 0 Å². The minimum Gasteiger partial charge on any atom is -0.444 e. The fourth-order valence-electron chi connectivity index (χ4n) is 6.78. The van der Waals surface area contributed by atoms with Crippen LogP contribution in [0.2, 0.25) is 0 Å². The summed E-state index contributed by atoms with van der Waals surface area (Å²) >= 11 is 0. The average Bonchev–Trinajstić information content (AvgIpc) is 3.75. The fraction of sp³-hybridized carbons (Fsp3) is 0.306. The van der Waals surface area contributed by atoms with Crippen molar-refractivity contribution in [2.75, 3.05) is 18.0 Å². The molecule has 0 bridgehead atoms. The van der Waals surface area contributed by atoms with Crippen molar-refractivity contribution < 1.29 is 19.1 Å². The van der Waals surface area contributed by atoms with Crippen LogP contribution < -0.4 is 15.8 Å². The van der Waals surface area contributed by atoms with Gasteiger partial charge in [-0.3, -0.25) is 23.9 Å². The summed E-state index contributed by atoms with van der Waals surface area (Å²) < 4.78 is 7.31. The van der Waals surface area contributed by atoms with E-state index in [2.05, 4.69) is 10.3 Å².